The lowest BCUT2D eigenvalue weighted by Crippen LogP contribution is -1.91. The molecule has 0 fully saturated rings. The number of hydrogen-bond donors (Lipinski definition) is 2. The Hall–Kier alpha value is -1.42. The second kappa shape index (κ2) is 3.32. The molecule has 0 heterocycles. The van der Waals surface area contributed by atoms with Crippen molar-refractivity contribution in [3.8, 4) is 0 Å². The van der Waals surface area contributed by atoms with E-state index < -0.39 is 0 Å². The molecule has 0 amide bonds. The van der Waals surface area contributed by atoms with Crippen LogP contribution in [0, 0.1) is 18.8 Å². The molecule has 4 nitrogen and oxygen atoms in total. The summed E-state index contributed by atoms with van der Waals surface area (Å²) in [5.74, 6) is 0. The predicted octanol–water partition coefficient (Wildman–Crippen LogP) is 2.50. The highest BCUT2D eigenvalue weighted by Crippen LogP contribution is 2.29. The monoisotopic (exact) mass is 166 g/mol. The zero-order valence-electron chi connectivity index (χ0n) is 6.96. The first-order valence-corrected chi connectivity index (χ1v) is 3.53. The van der Waals surface area contributed by atoms with E-state index in [4.69, 9.17) is 5.21 Å². The normalized spacial score (nSPS) is 9.58. The molecule has 0 aliphatic carbocycles. The van der Waals surface area contributed by atoms with E-state index in [1.807, 2.05) is 18.5 Å². The Morgan fingerprint density at radius 2 is 2.08 bits per heavy atom. The Morgan fingerprint density at radius 1 is 1.42 bits per heavy atom. The van der Waals surface area contributed by atoms with Crippen LogP contribution in [0.1, 0.15) is 11.1 Å². The average Bonchev–Trinajstić information content (AvgIpc) is 2.03. The largest absolute Gasteiger partial charge is 0.291 e. The van der Waals surface area contributed by atoms with E-state index in [0.717, 1.165) is 11.1 Å². The summed E-state index contributed by atoms with van der Waals surface area (Å²) in [5.41, 5.74) is 4.26. The van der Waals surface area contributed by atoms with Crippen LogP contribution >= 0.6 is 0 Å². The van der Waals surface area contributed by atoms with Gasteiger partial charge in [-0.3, -0.25) is 10.7 Å². The number of aryl methyl sites for hydroxylation is 2. The summed E-state index contributed by atoms with van der Waals surface area (Å²) in [4.78, 5) is 10.3. The Morgan fingerprint density at radius 3 is 2.58 bits per heavy atom. The standard InChI is InChI=1S/C8H10N2O2/c1-5-3-6(2)8(10-12)7(4-5)9-11/h3-4,9,11H,1-2H3. The molecule has 4 heteroatoms. The van der Waals surface area contributed by atoms with Gasteiger partial charge in [0.05, 0.1) is 5.69 Å². The number of nitroso groups, excluding NO2 is 1. The van der Waals surface area contributed by atoms with Crippen molar-refractivity contribution in [2.45, 2.75) is 13.8 Å². The minimum absolute atomic E-state index is 0.253. The quantitative estimate of drug-likeness (QED) is 0.524. The van der Waals surface area contributed by atoms with Gasteiger partial charge in [-0.15, -0.1) is 4.91 Å². The maximum atomic E-state index is 10.3. The van der Waals surface area contributed by atoms with E-state index in [0.29, 0.717) is 5.69 Å². The van der Waals surface area contributed by atoms with Crippen molar-refractivity contribution < 1.29 is 5.21 Å². The summed E-state index contributed by atoms with van der Waals surface area (Å²) in [5, 5.41) is 11.5. The molecule has 0 radical (unpaired) electrons. The van der Waals surface area contributed by atoms with Gasteiger partial charge < -0.3 is 0 Å². The first kappa shape index (κ1) is 8.67. The lowest BCUT2D eigenvalue weighted by atomic mass is 10.1. The highest BCUT2D eigenvalue weighted by molar-refractivity contribution is 5.69. The van der Waals surface area contributed by atoms with E-state index in [9.17, 15) is 4.91 Å². The van der Waals surface area contributed by atoms with Gasteiger partial charge in [0.25, 0.3) is 0 Å². The second-order valence-electron chi connectivity index (χ2n) is 2.68. The maximum Gasteiger partial charge on any atom is 0.136 e. The molecule has 0 unspecified atom stereocenters. The summed E-state index contributed by atoms with van der Waals surface area (Å²) in [6.45, 7) is 3.65. The number of benzene rings is 1. The van der Waals surface area contributed by atoms with Crippen LogP contribution in [-0.2, 0) is 0 Å². The van der Waals surface area contributed by atoms with Crippen molar-refractivity contribution in [3.05, 3.63) is 28.2 Å². The molecule has 1 aromatic carbocycles. The highest BCUT2D eigenvalue weighted by atomic mass is 16.5. The summed E-state index contributed by atoms with van der Waals surface area (Å²) in [7, 11) is 0. The van der Waals surface area contributed by atoms with Gasteiger partial charge in [-0.2, -0.15) is 0 Å². The zero-order valence-corrected chi connectivity index (χ0v) is 6.96. The van der Waals surface area contributed by atoms with Crippen LogP contribution in [0.2, 0.25) is 0 Å². The molecule has 0 saturated heterocycles. The molecule has 1 aromatic rings. The molecule has 0 spiro atoms. The van der Waals surface area contributed by atoms with Gasteiger partial charge in [-0.25, -0.2) is 0 Å². The molecule has 0 aromatic heterocycles. The maximum absolute atomic E-state index is 10.3. The SMILES string of the molecule is Cc1cc(C)c(N=O)c(NO)c1. The number of hydrogen-bond acceptors (Lipinski definition) is 4. The molecular formula is C8H10N2O2. The van der Waals surface area contributed by atoms with E-state index in [1.165, 1.54) is 0 Å². The third-order valence-electron chi connectivity index (χ3n) is 1.66. The lowest BCUT2D eigenvalue weighted by Gasteiger charge is -2.05. The first-order valence-electron chi connectivity index (χ1n) is 3.53. The summed E-state index contributed by atoms with van der Waals surface area (Å²) < 4.78 is 0. The molecule has 2 N–H and O–H groups in total. The topological polar surface area (TPSA) is 61.7 Å². The fourth-order valence-electron chi connectivity index (χ4n) is 1.17. The van der Waals surface area contributed by atoms with E-state index >= 15 is 0 Å². The average molecular weight is 166 g/mol. The van der Waals surface area contributed by atoms with Gasteiger partial charge in [0.15, 0.2) is 0 Å². The molecule has 12 heavy (non-hydrogen) atoms. The predicted molar refractivity (Wildman–Crippen MR) is 46.8 cm³/mol. The van der Waals surface area contributed by atoms with Crippen LogP contribution in [-0.4, -0.2) is 5.21 Å². The van der Waals surface area contributed by atoms with Crippen LogP contribution in [0.15, 0.2) is 17.3 Å². The van der Waals surface area contributed by atoms with Gasteiger partial charge in [-0.05, 0) is 36.2 Å². The Bertz CT molecular complexity index is 310. The molecule has 1 rings (SSSR count). The molecule has 0 atom stereocenters. The Kier molecular flexibility index (Phi) is 2.40. The van der Waals surface area contributed by atoms with Gasteiger partial charge in [0.2, 0.25) is 0 Å². The van der Waals surface area contributed by atoms with E-state index in [2.05, 4.69) is 5.18 Å². The van der Waals surface area contributed by atoms with Crippen molar-refractivity contribution >= 4 is 11.4 Å². The smallest absolute Gasteiger partial charge is 0.136 e. The lowest BCUT2D eigenvalue weighted by molar-refractivity contribution is 0.389. The van der Waals surface area contributed by atoms with Crippen LogP contribution in [0.25, 0.3) is 0 Å². The summed E-state index contributed by atoms with van der Waals surface area (Å²) in [6, 6.07) is 3.49. The fraction of sp³-hybridized carbons (Fsp3) is 0.250. The minimum Gasteiger partial charge on any atom is -0.291 e. The van der Waals surface area contributed by atoms with Gasteiger partial charge in [0.1, 0.15) is 5.69 Å². The number of rotatable bonds is 2. The van der Waals surface area contributed by atoms with Crippen molar-refractivity contribution in [1.29, 1.82) is 0 Å². The Balaban J connectivity index is 3.33. The van der Waals surface area contributed by atoms with Gasteiger partial charge >= 0.3 is 0 Å². The number of nitrogens with one attached hydrogen (secondary N) is 1. The minimum atomic E-state index is 0.253. The molecule has 0 aliphatic rings. The van der Waals surface area contributed by atoms with Crippen molar-refractivity contribution in [3.63, 3.8) is 0 Å². The summed E-state index contributed by atoms with van der Waals surface area (Å²) >= 11 is 0. The van der Waals surface area contributed by atoms with Crippen LogP contribution in [0.4, 0.5) is 11.4 Å². The third kappa shape index (κ3) is 1.43. The van der Waals surface area contributed by atoms with Crippen LogP contribution in [0.3, 0.4) is 0 Å². The molecule has 0 aliphatic heterocycles. The summed E-state index contributed by atoms with van der Waals surface area (Å²) in [6.07, 6.45) is 0. The second-order valence-corrected chi connectivity index (χ2v) is 2.68. The molecule has 0 bridgehead atoms. The van der Waals surface area contributed by atoms with Crippen molar-refractivity contribution in [1.82, 2.24) is 0 Å². The number of nitrogens with zero attached hydrogens (tertiary/aromatic N) is 1. The number of anilines is 1. The van der Waals surface area contributed by atoms with Crippen molar-refractivity contribution in [2.24, 2.45) is 5.18 Å². The molecular weight excluding hydrogens is 156 g/mol. The molecule has 64 valence electrons. The van der Waals surface area contributed by atoms with E-state index in [-0.39, 0.29) is 5.69 Å². The van der Waals surface area contributed by atoms with E-state index in [1.54, 1.807) is 13.0 Å². The van der Waals surface area contributed by atoms with Gasteiger partial charge in [0, 0.05) is 0 Å². The fourth-order valence-corrected chi connectivity index (χ4v) is 1.17. The van der Waals surface area contributed by atoms with Gasteiger partial charge in [-0.1, -0.05) is 6.07 Å². The Labute approximate surface area is 70.2 Å². The molecule has 0 saturated carbocycles. The van der Waals surface area contributed by atoms with Crippen molar-refractivity contribution in [2.75, 3.05) is 5.48 Å². The zero-order chi connectivity index (χ0) is 9.14. The van der Waals surface area contributed by atoms with Crippen LogP contribution < -0.4 is 5.48 Å². The highest BCUT2D eigenvalue weighted by Gasteiger charge is 2.05. The van der Waals surface area contributed by atoms with Crippen LogP contribution in [0.5, 0.6) is 0 Å². The third-order valence-corrected chi connectivity index (χ3v) is 1.66. The first-order chi connectivity index (χ1) is 5.69.